The van der Waals surface area contributed by atoms with E-state index >= 15 is 0 Å². The molecule has 0 radical (unpaired) electrons. The minimum absolute atomic E-state index is 0.484. The Morgan fingerprint density at radius 1 is 1.56 bits per heavy atom. The van der Waals surface area contributed by atoms with Gasteiger partial charge in [0, 0.05) is 12.4 Å². The molecule has 0 bridgehead atoms. The average molecular weight is 242 g/mol. The number of nitrogens with zero attached hydrogens (tertiary/aromatic N) is 1. The van der Waals surface area contributed by atoms with Crippen LogP contribution in [0.1, 0.15) is 33.1 Å². The third kappa shape index (κ3) is 3.67. The van der Waals surface area contributed by atoms with Gasteiger partial charge >= 0.3 is 0 Å². The van der Waals surface area contributed by atoms with E-state index in [1.165, 1.54) is 19.3 Å². The van der Waals surface area contributed by atoms with Gasteiger partial charge in [0.15, 0.2) is 5.17 Å². The van der Waals surface area contributed by atoms with Gasteiger partial charge in [-0.1, -0.05) is 25.6 Å². The fourth-order valence-corrected chi connectivity index (χ4v) is 3.22. The molecule has 0 amide bonds. The largest absolute Gasteiger partial charge is 0.379 e. The van der Waals surface area contributed by atoms with Gasteiger partial charge in [-0.3, -0.25) is 4.99 Å². The van der Waals surface area contributed by atoms with Crippen LogP contribution in [0.5, 0.6) is 0 Å². The summed E-state index contributed by atoms with van der Waals surface area (Å²) in [6, 6.07) is 1.01. The standard InChI is InChI=1S/C12H22N2OS/c1-9(2)6-11-8-16-12(14-11)13-10-4-3-5-15-7-10/h9-11H,3-8H2,1-2H3,(H,13,14). The zero-order valence-corrected chi connectivity index (χ0v) is 11.1. The van der Waals surface area contributed by atoms with E-state index in [0.717, 1.165) is 30.1 Å². The molecular weight excluding hydrogens is 220 g/mol. The summed E-state index contributed by atoms with van der Waals surface area (Å²) in [6.07, 6.45) is 3.60. The van der Waals surface area contributed by atoms with Gasteiger partial charge in [0.2, 0.25) is 0 Å². The first-order chi connectivity index (χ1) is 7.74. The topological polar surface area (TPSA) is 33.6 Å². The lowest BCUT2D eigenvalue weighted by atomic mass is 10.1. The number of aliphatic imine (C=N–C) groups is 1. The summed E-state index contributed by atoms with van der Waals surface area (Å²) in [6.45, 7) is 6.30. The van der Waals surface area contributed by atoms with Gasteiger partial charge in [0.25, 0.3) is 0 Å². The van der Waals surface area contributed by atoms with Crippen LogP contribution in [0.3, 0.4) is 0 Å². The Morgan fingerprint density at radius 3 is 3.12 bits per heavy atom. The Bertz CT molecular complexity index is 249. The van der Waals surface area contributed by atoms with Crippen LogP contribution in [0.4, 0.5) is 0 Å². The minimum Gasteiger partial charge on any atom is -0.379 e. The monoisotopic (exact) mass is 242 g/mol. The van der Waals surface area contributed by atoms with E-state index in [-0.39, 0.29) is 0 Å². The third-order valence-electron chi connectivity index (χ3n) is 2.94. The second-order valence-corrected chi connectivity index (χ2v) is 6.10. The van der Waals surface area contributed by atoms with E-state index < -0.39 is 0 Å². The quantitative estimate of drug-likeness (QED) is 0.824. The van der Waals surface area contributed by atoms with Crippen molar-refractivity contribution in [3.05, 3.63) is 0 Å². The lowest BCUT2D eigenvalue weighted by Gasteiger charge is -2.23. The van der Waals surface area contributed by atoms with Gasteiger partial charge in [0.05, 0.1) is 18.7 Å². The highest BCUT2D eigenvalue weighted by atomic mass is 32.2. The van der Waals surface area contributed by atoms with E-state index in [4.69, 9.17) is 9.73 Å². The molecular formula is C12H22N2OS. The fraction of sp³-hybridized carbons (Fsp3) is 0.917. The molecule has 0 aliphatic carbocycles. The van der Waals surface area contributed by atoms with Crippen molar-refractivity contribution in [1.29, 1.82) is 0 Å². The molecule has 3 nitrogen and oxygen atoms in total. The van der Waals surface area contributed by atoms with Gasteiger partial charge in [-0.25, -0.2) is 0 Å². The number of ether oxygens (including phenoxy) is 1. The smallest absolute Gasteiger partial charge is 0.157 e. The van der Waals surface area contributed by atoms with Crippen LogP contribution >= 0.6 is 11.8 Å². The van der Waals surface area contributed by atoms with Crippen LogP contribution in [-0.2, 0) is 4.74 Å². The van der Waals surface area contributed by atoms with E-state index in [0.29, 0.717) is 12.1 Å². The summed E-state index contributed by atoms with van der Waals surface area (Å²) >= 11 is 1.87. The number of rotatable bonds is 3. The Hall–Kier alpha value is -0.220. The fourth-order valence-electron chi connectivity index (χ4n) is 2.19. The maximum absolute atomic E-state index is 5.46. The molecule has 2 unspecified atom stereocenters. The molecule has 2 atom stereocenters. The van der Waals surface area contributed by atoms with Gasteiger partial charge < -0.3 is 10.1 Å². The number of thioether (sulfide) groups is 1. The summed E-state index contributed by atoms with van der Waals surface area (Å²) in [4.78, 5) is 4.74. The second kappa shape index (κ2) is 5.92. The summed E-state index contributed by atoms with van der Waals surface area (Å²) in [5.74, 6) is 1.89. The first-order valence-corrected chi connectivity index (χ1v) is 7.27. The highest BCUT2D eigenvalue weighted by Gasteiger charge is 2.22. The van der Waals surface area contributed by atoms with Crippen LogP contribution < -0.4 is 5.32 Å². The van der Waals surface area contributed by atoms with Gasteiger partial charge in [-0.15, -0.1) is 0 Å². The predicted octanol–water partition coefficient (Wildman–Crippen LogP) is 2.27. The molecule has 2 aliphatic heterocycles. The van der Waals surface area contributed by atoms with Crippen LogP contribution in [-0.4, -0.2) is 36.2 Å². The Morgan fingerprint density at radius 2 is 2.44 bits per heavy atom. The van der Waals surface area contributed by atoms with Crippen molar-refractivity contribution in [3.8, 4) is 0 Å². The zero-order valence-electron chi connectivity index (χ0n) is 10.2. The molecule has 92 valence electrons. The molecule has 0 spiro atoms. The van der Waals surface area contributed by atoms with Crippen LogP contribution in [0.2, 0.25) is 0 Å². The zero-order chi connectivity index (χ0) is 11.4. The molecule has 0 aromatic rings. The normalized spacial score (nSPS) is 30.6. The van der Waals surface area contributed by atoms with Crippen molar-refractivity contribution < 1.29 is 4.74 Å². The minimum atomic E-state index is 0.484. The van der Waals surface area contributed by atoms with Crippen molar-refractivity contribution in [2.24, 2.45) is 10.9 Å². The van der Waals surface area contributed by atoms with E-state index in [1.54, 1.807) is 0 Å². The molecule has 1 N–H and O–H groups in total. The second-order valence-electron chi connectivity index (χ2n) is 5.09. The van der Waals surface area contributed by atoms with Crippen LogP contribution in [0.25, 0.3) is 0 Å². The van der Waals surface area contributed by atoms with Crippen molar-refractivity contribution >= 4 is 16.9 Å². The Balaban J connectivity index is 1.77. The van der Waals surface area contributed by atoms with Gasteiger partial charge in [-0.05, 0) is 25.2 Å². The predicted molar refractivity (Wildman–Crippen MR) is 70.1 cm³/mol. The average Bonchev–Trinajstić information content (AvgIpc) is 2.66. The number of hydrogen-bond acceptors (Lipinski definition) is 4. The molecule has 2 rings (SSSR count). The summed E-state index contributed by atoms with van der Waals surface area (Å²) < 4.78 is 5.46. The van der Waals surface area contributed by atoms with Crippen molar-refractivity contribution in [2.75, 3.05) is 19.0 Å². The molecule has 0 saturated carbocycles. The first kappa shape index (κ1) is 12.2. The summed E-state index contributed by atoms with van der Waals surface area (Å²) in [5.41, 5.74) is 0. The van der Waals surface area contributed by atoms with Crippen LogP contribution in [0.15, 0.2) is 4.99 Å². The highest BCUT2D eigenvalue weighted by Crippen LogP contribution is 2.22. The van der Waals surface area contributed by atoms with Crippen molar-refractivity contribution in [3.63, 3.8) is 0 Å². The third-order valence-corrected chi connectivity index (χ3v) is 3.99. The molecule has 4 heteroatoms. The van der Waals surface area contributed by atoms with E-state index in [1.807, 2.05) is 11.8 Å². The summed E-state index contributed by atoms with van der Waals surface area (Å²) in [5, 5.41) is 4.65. The lowest BCUT2D eigenvalue weighted by molar-refractivity contribution is 0.0767. The molecule has 0 aromatic carbocycles. The number of nitrogens with one attached hydrogen (secondary N) is 1. The maximum Gasteiger partial charge on any atom is 0.157 e. The highest BCUT2D eigenvalue weighted by molar-refractivity contribution is 8.14. The van der Waals surface area contributed by atoms with E-state index in [9.17, 15) is 0 Å². The van der Waals surface area contributed by atoms with Gasteiger partial charge in [0.1, 0.15) is 0 Å². The van der Waals surface area contributed by atoms with Crippen molar-refractivity contribution in [2.45, 2.75) is 45.2 Å². The maximum atomic E-state index is 5.46. The van der Waals surface area contributed by atoms with Crippen molar-refractivity contribution in [1.82, 2.24) is 5.32 Å². The van der Waals surface area contributed by atoms with E-state index in [2.05, 4.69) is 19.2 Å². The molecule has 0 aromatic heterocycles. The lowest BCUT2D eigenvalue weighted by Crippen LogP contribution is -2.39. The number of hydrogen-bond donors (Lipinski definition) is 1. The van der Waals surface area contributed by atoms with Crippen LogP contribution in [0, 0.1) is 5.92 Å². The Kier molecular flexibility index (Phi) is 4.53. The SMILES string of the molecule is CC(C)CC1CSC(NC2CCCOC2)=N1. The molecule has 1 fully saturated rings. The summed E-state index contributed by atoms with van der Waals surface area (Å²) in [7, 11) is 0. The first-order valence-electron chi connectivity index (χ1n) is 6.29. The Labute approximate surface area is 102 Å². The number of amidine groups is 1. The van der Waals surface area contributed by atoms with Gasteiger partial charge in [-0.2, -0.15) is 0 Å². The molecule has 2 aliphatic rings. The molecule has 1 saturated heterocycles. The molecule has 2 heterocycles. The molecule has 16 heavy (non-hydrogen) atoms.